The van der Waals surface area contributed by atoms with Gasteiger partial charge in [-0.1, -0.05) is 36.7 Å². The van der Waals surface area contributed by atoms with Crippen LogP contribution in [0.1, 0.15) is 25.8 Å². The molecule has 0 fully saturated rings. The Labute approximate surface area is 192 Å². The smallest absolute Gasteiger partial charge is 0.325 e. The number of nitrogens with zero attached hydrogens (tertiary/aromatic N) is 4. The fourth-order valence-electron chi connectivity index (χ4n) is 3.30. The maximum atomic E-state index is 12.9. The molecule has 1 atom stereocenters. The van der Waals surface area contributed by atoms with Crippen LogP contribution in [0.4, 0.5) is 23.7 Å². The number of carbonyl (C=O) groups is 3. The molecule has 0 bridgehead atoms. The maximum absolute atomic E-state index is 12.9. The van der Waals surface area contributed by atoms with Gasteiger partial charge in [0.25, 0.3) is 5.84 Å². The normalized spacial score (nSPS) is 18.9. The van der Waals surface area contributed by atoms with Gasteiger partial charge in [0.1, 0.15) is 5.04 Å². The number of anilines is 1. The monoisotopic (exact) mass is 482 g/mol. The van der Waals surface area contributed by atoms with Gasteiger partial charge in [-0.05, 0) is 24.1 Å². The van der Waals surface area contributed by atoms with E-state index >= 15 is 0 Å². The van der Waals surface area contributed by atoms with E-state index in [1.54, 1.807) is 0 Å². The van der Waals surface area contributed by atoms with E-state index in [-0.39, 0.29) is 23.2 Å². The number of amidine groups is 2. The quantitative estimate of drug-likeness (QED) is 0.651. The van der Waals surface area contributed by atoms with E-state index in [9.17, 15) is 27.6 Å². The number of thioether (sulfide) groups is 1. The molecule has 2 aliphatic heterocycles. The van der Waals surface area contributed by atoms with Crippen LogP contribution in [-0.4, -0.2) is 63.9 Å². The largest absolute Gasteiger partial charge is 0.445 e. The number of imide groups is 1. The van der Waals surface area contributed by atoms with Crippen molar-refractivity contribution in [1.82, 2.24) is 4.90 Å². The Kier molecular flexibility index (Phi) is 7.06. The van der Waals surface area contributed by atoms with Gasteiger partial charge in [0.05, 0.1) is 25.4 Å². The number of fused-ring (bicyclic) bond motifs is 1. The van der Waals surface area contributed by atoms with Crippen LogP contribution in [-0.2, 0) is 15.8 Å². The number of alkyl halides is 3. The number of hydrogen-bond donors (Lipinski definition) is 1. The third kappa shape index (κ3) is 5.49. The zero-order valence-corrected chi connectivity index (χ0v) is 19.3. The lowest BCUT2D eigenvalue weighted by Gasteiger charge is -2.26. The highest BCUT2D eigenvalue weighted by atomic mass is 32.2. The highest BCUT2D eigenvalue weighted by Crippen LogP contribution is 2.31. The summed E-state index contributed by atoms with van der Waals surface area (Å²) in [6.07, 6.45) is -4.02. The van der Waals surface area contributed by atoms with Crippen molar-refractivity contribution >= 4 is 52.0 Å². The SMILES string of the molecule is CC(C)CC1=NC2=[N+](C)C(=O)N(C)C(=O)C2C(SCC(=O)Nc2cccc(C(F)(F)F)c2)=N1. The third-order valence-corrected chi connectivity index (χ3v) is 5.93. The van der Waals surface area contributed by atoms with Crippen molar-refractivity contribution in [1.29, 1.82) is 0 Å². The second kappa shape index (κ2) is 9.46. The van der Waals surface area contributed by atoms with Crippen LogP contribution in [0.5, 0.6) is 0 Å². The van der Waals surface area contributed by atoms with Gasteiger partial charge in [-0.25, -0.2) is 9.79 Å². The molecule has 0 aliphatic carbocycles. The average Bonchev–Trinajstić information content (AvgIpc) is 2.73. The fourth-order valence-corrected chi connectivity index (χ4v) is 4.20. The average molecular weight is 483 g/mol. The van der Waals surface area contributed by atoms with Gasteiger partial charge in [0.15, 0.2) is 5.92 Å². The lowest BCUT2D eigenvalue weighted by molar-refractivity contribution is -0.407. The van der Waals surface area contributed by atoms with Crippen molar-refractivity contribution in [2.75, 3.05) is 25.2 Å². The molecule has 1 aromatic carbocycles. The molecule has 0 radical (unpaired) electrons. The minimum absolute atomic E-state index is 0.00845. The predicted molar refractivity (Wildman–Crippen MR) is 120 cm³/mol. The van der Waals surface area contributed by atoms with Crippen molar-refractivity contribution in [3.63, 3.8) is 0 Å². The summed E-state index contributed by atoms with van der Waals surface area (Å²) in [7, 11) is 2.87. The molecule has 1 N–H and O–H groups in total. The zero-order chi connectivity index (χ0) is 24.5. The summed E-state index contributed by atoms with van der Waals surface area (Å²) in [5, 5.41) is 2.74. The van der Waals surface area contributed by atoms with E-state index in [1.807, 2.05) is 13.8 Å². The van der Waals surface area contributed by atoms with Gasteiger partial charge in [-0.3, -0.25) is 9.59 Å². The summed E-state index contributed by atoms with van der Waals surface area (Å²) in [6, 6.07) is 3.80. The van der Waals surface area contributed by atoms with Gasteiger partial charge in [0.2, 0.25) is 11.7 Å². The number of halogens is 3. The van der Waals surface area contributed by atoms with Crippen molar-refractivity contribution in [3.8, 4) is 0 Å². The lowest BCUT2D eigenvalue weighted by Crippen LogP contribution is -2.54. The molecular formula is C21H23F3N5O3S+. The standard InChI is InChI=1S/C21H22F3N5O3S/c1-11(2)8-14-26-17-16(19(31)29(4)20(32)28(17)3)18(27-14)33-10-15(30)25-13-7-5-6-12(9-13)21(22,23)24/h5-7,9,11,16H,8,10H2,1-4H3/p+1. The van der Waals surface area contributed by atoms with Crippen LogP contribution in [0.25, 0.3) is 0 Å². The number of nitrogens with one attached hydrogen (secondary N) is 1. The first-order chi connectivity index (χ1) is 15.4. The van der Waals surface area contributed by atoms with Crippen molar-refractivity contribution < 1.29 is 32.1 Å². The van der Waals surface area contributed by atoms with Gasteiger partial charge in [-0.15, -0.1) is 0 Å². The minimum atomic E-state index is -4.53. The van der Waals surface area contributed by atoms with Gasteiger partial charge >= 0.3 is 18.1 Å². The Hall–Kier alpha value is -3.02. The van der Waals surface area contributed by atoms with E-state index in [0.717, 1.165) is 28.8 Å². The molecule has 4 amide bonds. The molecule has 0 aromatic heterocycles. The summed E-state index contributed by atoms with van der Waals surface area (Å²) in [5.41, 5.74) is -0.865. The number of carbonyl (C=O) groups excluding carboxylic acids is 3. The lowest BCUT2D eigenvalue weighted by atomic mass is 10.0. The van der Waals surface area contributed by atoms with Crippen LogP contribution in [0.3, 0.4) is 0 Å². The molecule has 0 spiro atoms. The minimum Gasteiger partial charge on any atom is -0.325 e. The predicted octanol–water partition coefficient (Wildman–Crippen LogP) is 3.48. The van der Waals surface area contributed by atoms with E-state index in [1.165, 1.54) is 30.8 Å². The number of hydrogen-bond acceptors (Lipinski definition) is 6. The second-order valence-electron chi connectivity index (χ2n) is 8.02. The highest BCUT2D eigenvalue weighted by Gasteiger charge is 2.49. The molecule has 8 nitrogen and oxygen atoms in total. The van der Waals surface area contributed by atoms with Crippen molar-refractivity contribution in [3.05, 3.63) is 29.8 Å². The molecule has 0 saturated carbocycles. The number of benzene rings is 1. The van der Waals surface area contributed by atoms with Gasteiger partial charge in [0, 0.05) is 12.1 Å². The Morgan fingerprint density at radius 1 is 1.27 bits per heavy atom. The van der Waals surface area contributed by atoms with Crippen LogP contribution >= 0.6 is 11.8 Å². The van der Waals surface area contributed by atoms with Crippen molar-refractivity contribution in [2.45, 2.75) is 26.4 Å². The highest BCUT2D eigenvalue weighted by molar-refractivity contribution is 8.14. The molecule has 0 saturated heterocycles. The second-order valence-corrected chi connectivity index (χ2v) is 9.02. The third-order valence-electron chi connectivity index (χ3n) is 4.90. The summed E-state index contributed by atoms with van der Waals surface area (Å²) < 4.78 is 40.0. The molecule has 3 rings (SSSR count). The summed E-state index contributed by atoms with van der Waals surface area (Å²) >= 11 is 0.989. The number of rotatable bonds is 5. The fraction of sp³-hybridized carbons (Fsp3) is 0.429. The number of amides is 4. The molecule has 33 heavy (non-hydrogen) atoms. The van der Waals surface area contributed by atoms with Gasteiger partial charge < -0.3 is 5.32 Å². The molecule has 2 aliphatic rings. The maximum Gasteiger partial charge on any atom is 0.445 e. The topological polar surface area (TPSA) is 94.2 Å². The van der Waals surface area contributed by atoms with Crippen LogP contribution in [0.15, 0.2) is 34.3 Å². The first kappa shape index (κ1) is 24.6. The first-order valence-corrected chi connectivity index (χ1v) is 11.0. The Morgan fingerprint density at radius 3 is 2.61 bits per heavy atom. The Balaban J connectivity index is 1.80. The summed E-state index contributed by atoms with van der Waals surface area (Å²) in [4.78, 5) is 47.4. The van der Waals surface area contributed by atoms with E-state index in [4.69, 9.17) is 0 Å². The van der Waals surface area contributed by atoms with Crippen LogP contribution in [0, 0.1) is 11.8 Å². The van der Waals surface area contributed by atoms with Crippen molar-refractivity contribution in [2.24, 2.45) is 21.8 Å². The zero-order valence-electron chi connectivity index (χ0n) is 18.4. The molecule has 12 heteroatoms. The molecule has 2 heterocycles. The molecule has 1 unspecified atom stereocenters. The van der Waals surface area contributed by atoms with E-state index in [0.29, 0.717) is 17.3 Å². The molecule has 176 valence electrons. The summed E-state index contributed by atoms with van der Waals surface area (Å²) in [6.45, 7) is 3.94. The number of urea groups is 1. The summed E-state index contributed by atoms with van der Waals surface area (Å²) in [5.74, 6) is -1.29. The van der Waals surface area contributed by atoms with Crippen LogP contribution < -0.4 is 5.32 Å². The molecule has 1 aromatic rings. The Bertz CT molecular complexity index is 1090. The van der Waals surface area contributed by atoms with Crippen LogP contribution in [0.2, 0.25) is 0 Å². The van der Waals surface area contributed by atoms with E-state index < -0.39 is 35.5 Å². The van der Waals surface area contributed by atoms with Gasteiger partial charge in [-0.2, -0.15) is 22.6 Å². The van der Waals surface area contributed by atoms with E-state index in [2.05, 4.69) is 15.3 Å². The molecular weight excluding hydrogens is 459 g/mol. The first-order valence-electron chi connectivity index (χ1n) is 10.1. The number of aliphatic imine (C=N–C) groups is 2. The Morgan fingerprint density at radius 2 is 1.97 bits per heavy atom.